The first-order valence-electron chi connectivity index (χ1n) is 12.3. The van der Waals surface area contributed by atoms with Crippen LogP contribution in [-0.2, 0) is 14.3 Å². The molecule has 0 bridgehead atoms. The molecule has 0 aliphatic carbocycles. The van der Waals surface area contributed by atoms with E-state index < -0.39 is 12.1 Å². The van der Waals surface area contributed by atoms with Crippen molar-refractivity contribution in [2.24, 2.45) is 5.92 Å². The number of rotatable bonds is 7. The topological polar surface area (TPSA) is 82.2 Å². The van der Waals surface area contributed by atoms with E-state index in [1.54, 1.807) is 4.90 Å². The number of Topliss-reactive ketones (excluding diaryl/α,β-unsaturated/α-hetero) is 1. The number of hydrogen-bond acceptors (Lipinski definition) is 6. The fourth-order valence-electron chi connectivity index (χ4n) is 5.07. The van der Waals surface area contributed by atoms with Gasteiger partial charge in [0.15, 0.2) is 5.78 Å². The van der Waals surface area contributed by atoms with Crippen molar-refractivity contribution in [1.82, 2.24) is 15.1 Å². The molecule has 3 saturated heterocycles. The molecular weight excluding hydrogens is 420 g/mol. The number of likely N-dealkylation sites (N-methyl/N-ethyl adjacent to an activating group) is 1. The first-order chi connectivity index (χ1) is 15.9. The van der Waals surface area contributed by atoms with Crippen molar-refractivity contribution in [1.29, 1.82) is 0 Å². The highest BCUT2D eigenvalue weighted by molar-refractivity contribution is 5.99. The van der Waals surface area contributed by atoms with Gasteiger partial charge in [-0.2, -0.15) is 0 Å². The summed E-state index contributed by atoms with van der Waals surface area (Å²) in [6.45, 7) is 11.8. The molecule has 1 aromatic carbocycles. The van der Waals surface area contributed by atoms with E-state index in [0.717, 1.165) is 44.8 Å². The van der Waals surface area contributed by atoms with Gasteiger partial charge in [-0.15, -0.1) is 0 Å². The number of likely N-dealkylation sites (tertiary alicyclic amines) is 1. The Bertz CT molecular complexity index is 866. The maximum Gasteiger partial charge on any atom is 0.251 e. The van der Waals surface area contributed by atoms with Gasteiger partial charge in [0.25, 0.3) is 5.91 Å². The Morgan fingerprint density at radius 2 is 1.79 bits per heavy atom. The minimum absolute atomic E-state index is 0.0459. The van der Waals surface area contributed by atoms with Crippen molar-refractivity contribution in [3.63, 3.8) is 0 Å². The molecule has 4 atom stereocenters. The number of nitrogens with one attached hydrogen (secondary N) is 1. The summed E-state index contributed by atoms with van der Waals surface area (Å²) in [6.07, 6.45) is 1.20. The van der Waals surface area contributed by atoms with E-state index in [0.29, 0.717) is 18.5 Å². The van der Waals surface area contributed by atoms with Crippen molar-refractivity contribution in [3.05, 3.63) is 29.8 Å². The lowest BCUT2D eigenvalue weighted by Crippen LogP contribution is -2.54. The van der Waals surface area contributed by atoms with Crippen LogP contribution in [0.1, 0.15) is 44.0 Å². The van der Waals surface area contributed by atoms with E-state index in [1.807, 2.05) is 38.1 Å². The third-order valence-electron chi connectivity index (χ3n) is 7.47. The van der Waals surface area contributed by atoms with Gasteiger partial charge in [-0.1, -0.05) is 27.2 Å². The molecule has 8 heteroatoms. The van der Waals surface area contributed by atoms with Crippen LogP contribution >= 0.6 is 0 Å². The highest BCUT2D eigenvalue weighted by Gasteiger charge is 2.48. The second kappa shape index (κ2) is 10.2. The molecule has 0 radical (unpaired) electrons. The largest absolute Gasteiger partial charge is 0.369 e. The summed E-state index contributed by atoms with van der Waals surface area (Å²) >= 11 is 0. The quantitative estimate of drug-likeness (QED) is 0.670. The second-order valence-corrected chi connectivity index (χ2v) is 9.39. The summed E-state index contributed by atoms with van der Waals surface area (Å²) in [4.78, 5) is 45.1. The average molecular weight is 457 g/mol. The van der Waals surface area contributed by atoms with Crippen molar-refractivity contribution in [2.75, 3.05) is 50.8 Å². The van der Waals surface area contributed by atoms with Gasteiger partial charge in [0, 0.05) is 44.0 Å². The Kier molecular flexibility index (Phi) is 7.34. The number of hydrogen-bond donors (Lipinski definition) is 1. The van der Waals surface area contributed by atoms with Crippen molar-refractivity contribution in [2.45, 2.75) is 51.8 Å². The van der Waals surface area contributed by atoms with Crippen LogP contribution in [0.2, 0.25) is 0 Å². The predicted octanol–water partition coefficient (Wildman–Crippen LogP) is 1.54. The van der Waals surface area contributed by atoms with Crippen LogP contribution in [0.15, 0.2) is 24.3 Å². The number of carbonyl (C=O) groups excluding carboxylic acids is 3. The Morgan fingerprint density at radius 3 is 2.42 bits per heavy atom. The van der Waals surface area contributed by atoms with Crippen molar-refractivity contribution in [3.8, 4) is 0 Å². The standard InChI is InChI=1S/C25H36N4O4/c1-4-17(3)22(25(32)29-11-10-21-23(29)20(30)16-33-21)26-24(31)18-6-8-19(9-7-18)28-14-12-27(5-2)13-15-28/h6-9,17,21-23H,4-5,10-16H2,1-3H3,(H,26,31)/t17?,21-,22+,23-/m1/s1. The van der Waals surface area contributed by atoms with Crippen LogP contribution in [0.3, 0.4) is 0 Å². The normalized spacial score (nSPS) is 25.1. The summed E-state index contributed by atoms with van der Waals surface area (Å²) in [5, 5.41) is 2.97. The van der Waals surface area contributed by atoms with Gasteiger partial charge in [0.2, 0.25) is 5.91 Å². The van der Waals surface area contributed by atoms with E-state index >= 15 is 0 Å². The molecule has 33 heavy (non-hydrogen) atoms. The monoisotopic (exact) mass is 456 g/mol. The Hall–Kier alpha value is -2.45. The number of benzene rings is 1. The lowest BCUT2D eigenvalue weighted by molar-refractivity contribution is -0.139. The number of anilines is 1. The van der Waals surface area contributed by atoms with E-state index in [4.69, 9.17) is 4.74 Å². The fraction of sp³-hybridized carbons (Fsp3) is 0.640. The third-order valence-corrected chi connectivity index (χ3v) is 7.47. The van der Waals surface area contributed by atoms with Gasteiger partial charge in [0.1, 0.15) is 18.7 Å². The molecule has 2 amide bonds. The summed E-state index contributed by atoms with van der Waals surface area (Å²) in [7, 11) is 0. The van der Waals surface area contributed by atoms with Gasteiger partial charge < -0.3 is 24.8 Å². The fourth-order valence-corrected chi connectivity index (χ4v) is 5.07. The summed E-state index contributed by atoms with van der Waals surface area (Å²) in [6, 6.07) is 6.45. The molecule has 4 rings (SSSR count). The number of fused-ring (bicyclic) bond motifs is 1. The zero-order valence-corrected chi connectivity index (χ0v) is 20.0. The highest BCUT2D eigenvalue weighted by atomic mass is 16.5. The number of piperazine rings is 1. The van der Waals surface area contributed by atoms with Gasteiger partial charge in [-0.3, -0.25) is 14.4 Å². The number of carbonyl (C=O) groups is 3. The van der Waals surface area contributed by atoms with Crippen LogP contribution in [0.25, 0.3) is 0 Å². The maximum atomic E-state index is 13.4. The summed E-state index contributed by atoms with van der Waals surface area (Å²) < 4.78 is 5.52. The first kappa shape index (κ1) is 23.7. The zero-order valence-electron chi connectivity index (χ0n) is 20.0. The van der Waals surface area contributed by atoms with Gasteiger partial charge in [0.05, 0.1) is 6.10 Å². The molecule has 0 aromatic heterocycles. The van der Waals surface area contributed by atoms with Crippen LogP contribution in [0.5, 0.6) is 0 Å². The lowest BCUT2D eigenvalue weighted by Gasteiger charge is -2.35. The summed E-state index contributed by atoms with van der Waals surface area (Å²) in [5.74, 6) is -0.544. The minimum atomic E-state index is -0.670. The molecule has 0 spiro atoms. The number of ether oxygens (including phenoxy) is 1. The Labute approximate surface area is 196 Å². The van der Waals surface area contributed by atoms with E-state index in [9.17, 15) is 14.4 Å². The van der Waals surface area contributed by atoms with Crippen LogP contribution in [0.4, 0.5) is 5.69 Å². The van der Waals surface area contributed by atoms with Gasteiger partial charge in [-0.25, -0.2) is 0 Å². The van der Waals surface area contributed by atoms with Crippen LogP contribution in [-0.4, -0.2) is 91.5 Å². The number of amides is 2. The van der Waals surface area contributed by atoms with E-state index in [2.05, 4.69) is 22.0 Å². The second-order valence-electron chi connectivity index (χ2n) is 9.39. The van der Waals surface area contributed by atoms with Crippen molar-refractivity contribution >= 4 is 23.3 Å². The summed E-state index contributed by atoms with van der Waals surface area (Å²) in [5.41, 5.74) is 1.64. The molecule has 3 aliphatic rings. The average Bonchev–Trinajstić information content (AvgIpc) is 3.44. The zero-order chi connectivity index (χ0) is 23.5. The van der Waals surface area contributed by atoms with Gasteiger partial charge in [-0.05, 0) is 43.1 Å². The molecule has 3 fully saturated rings. The minimum Gasteiger partial charge on any atom is -0.369 e. The van der Waals surface area contributed by atoms with Crippen LogP contribution in [0, 0.1) is 5.92 Å². The highest BCUT2D eigenvalue weighted by Crippen LogP contribution is 2.28. The molecule has 1 aromatic rings. The Morgan fingerprint density at radius 1 is 1.09 bits per heavy atom. The predicted molar refractivity (Wildman–Crippen MR) is 126 cm³/mol. The van der Waals surface area contributed by atoms with Gasteiger partial charge >= 0.3 is 0 Å². The third kappa shape index (κ3) is 4.92. The maximum absolute atomic E-state index is 13.4. The van der Waals surface area contributed by atoms with Crippen molar-refractivity contribution < 1.29 is 19.1 Å². The molecule has 8 nitrogen and oxygen atoms in total. The molecule has 1 N–H and O–H groups in total. The SMILES string of the molecule is CCC(C)[C@H](NC(=O)c1ccc(N2CCN(CC)CC2)cc1)C(=O)N1CC[C@H]2OCC(=O)[C@H]21. The number of ketones is 1. The molecular formula is C25H36N4O4. The van der Waals surface area contributed by atoms with E-state index in [-0.39, 0.29) is 36.2 Å². The smallest absolute Gasteiger partial charge is 0.251 e. The Balaban J connectivity index is 1.42. The van der Waals surface area contributed by atoms with Crippen LogP contribution < -0.4 is 10.2 Å². The number of nitrogens with zero attached hydrogens (tertiary/aromatic N) is 3. The molecule has 3 heterocycles. The molecule has 0 saturated carbocycles. The molecule has 180 valence electrons. The molecule has 1 unspecified atom stereocenters. The van der Waals surface area contributed by atoms with E-state index in [1.165, 1.54) is 0 Å². The molecule has 3 aliphatic heterocycles. The lowest BCUT2D eigenvalue weighted by atomic mass is 9.96. The first-order valence-corrected chi connectivity index (χ1v) is 12.3.